The van der Waals surface area contributed by atoms with Gasteiger partial charge in [-0.05, 0) is 39.7 Å². The predicted molar refractivity (Wildman–Crippen MR) is 81.0 cm³/mol. The third kappa shape index (κ3) is 7.46. The lowest BCUT2D eigenvalue weighted by Crippen LogP contribution is -2.41. The van der Waals surface area contributed by atoms with Gasteiger partial charge < -0.3 is 14.8 Å². The molecule has 0 aliphatic heterocycles. The molecule has 1 rings (SSSR count). The topological polar surface area (TPSA) is 64.6 Å². The lowest BCUT2D eigenvalue weighted by Gasteiger charge is -2.26. The smallest absolute Gasteiger partial charge is 0.428 e. The fourth-order valence-corrected chi connectivity index (χ4v) is 2.69. The monoisotopic (exact) mass is 299 g/mol. The molecule has 0 bridgehead atoms. The summed E-state index contributed by atoms with van der Waals surface area (Å²) in [5, 5.41) is 3.12. The third-order valence-electron chi connectivity index (χ3n) is 3.60. The summed E-state index contributed by atoms with van der Waals surface area (Å²) >= 11 is 0. The zero-order chi connectivity index (χ0) is 15.9. The van der Waals surface area contributed by atoms with Crippen LogP contribution < -0.4 is 5.32 Å². The van der Waals surface area contributed by atoms with Gasteiger partial charge in [-0.1, -0.05) is 39.0 Å². The number of ether oxygens (including phenoxy) is 2. The number of nitrogens with one attached hydrogen (secondary N) is 1. The van der Waals surface area contributed by atoms with Gasteiger partial charge in [0.25, 0.3) is 0 Å². The molecule has 1 atom stereocenters. The second-order valence-electron chi connectivity index (χ2n) is 6.74. The Hall–Kier alpha value is -1.10. The Balaban J connectivity index is 2.49. The van der Waals surface area contributed by atoms with Gasteiger partial charge in [0.1, 0.15) is 11.6 Å². The summed E-state index contributed by atoms with van der Waals surface area (Å²) in [5.41, 5.74) is -0.658. The van der Waals surface area contributed by atoms with E-state index in [2.05, 4.69) is 5.32 Å². The molecule has 122 valence electrons. The van der Waals surface area contributed by atoms with Gasteiger partial charge in [-0.15, -0.1) is 0 Å². The normalized spacial score (nSPS) is 18.1. The van der Waals surface area contributed by atoms with Crippen molar-refractivity contribution in [3.05, 3.63) is 0 Å². The van der Waals surface area contributed by atoms with Crippen LogP contribution in [-0.2, 0) is 14.3 Å². The van der Waals surface area contributed by atoms with Crippen molar-refractivity contribution in [1.82, 2.24) is 5.32 Å². The number of likely N-dealkylation sites (N-methyl/N-ethyl adjacent to an activating group) is 1. The van der Waals surface area contributed by atoms with Crippen LogP contribution >= 0.6 is 0 Å². The number of rotatable bonds is 5. The van der Waals surface area contributed by atoms with Gasteiger partial charge in [-0.2, -0.15) is 0 Å². The SMILES string of the molecule is CCN[C@@H](CC1CCCCC1)C(=O)OC(=O)OC(C)(C)C. The summed E-state index contributed by atoms with van der Waals surface area (Å²) in [5.74, 6) is 0.00524. The van der Waals surface area contributed by atoms with Crippen molar-refractivity contribution < 1.29 is 19.1 Å². The van der Waals surface area contributed by atoms with Crippen LogP contribution in [0.4, 0.5) is 4.79 Å². The fourth-order valence-electron chi connectivity index (χ4n) is 2.69. The molecule has 1 N–H and O–H groups in total. The summed E-state index contributed by atoms with van der Waals surface area (Å²) in [6, 6.07) is -0.425. The Morgan fingerprint density at radius 3 is 2.33 bits per heavy atom. The van der Waals surface area contributed by atoms with Crippen molar-refractivity contribution >= 4 is 12.1 Å². The molecule has 5 nitrogen and oxygen atoms in total. The standard InChI is InChI=1S/C16H29NO4/c1-5-17-13(11-12-9-7-6-8-10-12)14(18)20-15(19)21-16(2,3)4/h12-13,17H,5-11H2,1-4H3/t13-/m0/s1. The van der Waals surface area contributed by atoms with Crippen LogP contribution in [0.1, 0.15) is 66.2 Å². The number of hydrogen-bond acceptors (Lipinski definition) is 5. The first kappa shape index (κ1) is 18.0. The van der Waals surface area contributed by atoms with E-state index in [0.29, 0.717) is 12.5 Å². The maximum absolute atomic E-state index is 12.1. The number of hydrogen-bond donors (Lipinski definition) is 1. The Kier molecular flexibility index (Phi) is 7.15. The highest BCUT2D eigenvalue weighted by molar-refractivity contribution is 5.85. The van der Waals surface area contributed by atoms with Crippen LogP contribution in [0.5, 0.6) is 0 Å². The van der Waals surface area contributed by atoms with Gasteiger partial charge in [0.05, 0.1) is 0 Å². The van der Waals surface area contributed by atoms with Crippen molar-refractivity contribution in [2.75, 3.05) is 6.54 Å². The number of carbonyl (C=O) groups is 2. The minimum absolute atomic E-state index is 0.425. The first-order valence-electron chi connectivity index (χ1n) is 8.00. The quantitative estimate of drug-likeness (QED) is 0.622. The second kappa shape index (κ2) is 8.37. The summed E-state index contributed by atoms with van der Waals surface area (Å²) in [7, 11) is 0. The summed E-state index contributed by atoms with van der Waals surface area (Å²) in [6.07, 6.45) is 5.86. The number of carbonyl (C=O) groups excluding carboxylic acids is 2. The molecule has 1 aliphatic rings. The van der Waals surface area contributed by atoms with E-state index in [0.717, 1.165) is 19.3 Å². The molecule has 0 radical (unpaired) electrons. The maximum atomic E-state index is 12.1. The van der Waals surface area contributed by atoms with Crippen molar-refractivity contribution in [3.63, 3.8) is 0 Å². The third-order valence-corrected chi connectivity index (χ3v) is 3.60. The minimum atomic E-state index is -0.918. The van der Waals surface area contributed by atoms with E-state index in [9.17, 15) is 9.59 Å². The largest absolute Gasteiger partial charge is 0.516 e. The molecule has 1 fully saturated rings. The molecule has 0 unspecified atom stereocenters. The van der Waals surface area contributed by atoms with Crippen molar-refractivity contribution in [2.45, 2.75) is 77.9 Å². The van der Waals surface area contributed by atoms with E-state index < -0.39 is 23.8 Å². The highest BCUT2D eigenvalue weighted by Gasteiger charge is 2.28. The average molecular weight is 299 g/mol. The molecular formula is C16H29NO4. The van der Waals surface area contributed by atoms with Gasteiger partial charge in [0, 0.05) is 0 Å². The molecule has 21 heavy (non-hydrogen) atoms. The van der Waals surface area contributed by atoms with Crippen LogP contribution in [0.3, 0.4) is 0 Å². The van der Waals surface area contributed by atoms with E-state index in [-0.39, 0.29) is 0 Å². The van der Waals surface area contributed by atoms with E-state index in [1.54, 1.807) is 20.8 Å². The molecule has 0 aromatic carbocycles. The molecule has 5 heteroatoms. The lowest BCUT2D eigenvalue weighted by molar-refractivity contribution is -0.144. The molecule has 0 spiro atoms. The fraction of sp³-hybridized carbons (Fsp3) is 0.875. The van der Waals surface area contributed by atoms with Crippen LogP contribution in [0.25, 0.3) is 0 Å². The Morgan fingerprint density at radius 1 is 1.19 bits per heavy atom. The molecule has 1 saturated carbocycles. The zero-order valence-corrected chi connectivity index (χ0v) is 13.7. The zero-order valence-electron chi connectivity index (χ0n) is 13.7. The molecule has 0 aromatic heterocycles. The van der Waals surface area contributed by atoms with Crippen molar-refractivity contribution in [1.29, 1.82) is 0 Å². The molecule has 0 aromatic rings. The van der Waals surface area contributed by atoms with Gasteiger partial charge in [-0.3, -0.25) is 0 Å². The highest BCUT2D eigenvalue weighted by atomic mass is 16.7. The van der Waals surface area contributed by atoms with Crippen molar-refractivity contribution in [2.24, 2.45) is 5.92 Å². The van der Waals surface area contributed by atoms with E-state index in [1.165, 1.54) is 19.3 Å². The lowest BCUT2D eigenvalue weighted by atomic mass is 9.85. The number of esters is 1. The Bertz CT molecular complexity index is 343. The molecular weight excluding hydrogens is 270 g/mol. The summed E-state index contributed by atoms with van der Waals surface area (Å²) in [6.45, 7) is 7.82. The van der Waals surface area contributed by atoms with Crippen LogP contribution in [0.2, 0.25) is 0 Å². The minimum Gasteiger partial charge on any atom is -0.428 e. The highest BCUT2D eigenvalue weighted by Crippen LogP contribution is 2.27. The first-order chi connectivity index (χ1) is 9.81. The predicted octanol–water partition coefficient (Wildman–Crippen LogP) is 3.41. The van der Waals surface area contributed by atoms with Crippen LogP contribution in [0.15, 0.2) is 0 Å². The van der Waals surface area contributed by atoms with Gasteiger partial charge in [0.2, 0.25) is 0 Å². The van der Waals surface area contributed by atoms with E-state index in [4.69, 9.17) is 9.47 Å². The molecule has 0 saturated heterocycles. The average Bonchev–Trinajstić information content (AvgIpc) is 2.37. The van der Waals surface area contributed by atoms with Crippen LogP contribution in [0, 0.1) is 5.92 Å². The van der Waals surface area contributed by atoms with Gasteiger partial charge in [-0.25, -0.2) is 9.59 Å². The Labute approximate surface area is 127 Å². The molecule has 1 aliphatic carbocycles. The van der Waals surface area contributed by atoms with Crippen molar-refractivity contribution in [3.8, 4) is 0 Å². The van der Waals surface area contributed by atoms with Crippen LogP contribution in [-0.4, -0.2) is 30.3 Å². The van der Waals surface area contributed by atoms with E-state index >= 15 is 0 Å². The maximum Gasteiger partial charge on any atom is 0.516 e. The summed E-state index contributed by atoms with van der Waals surface area (Å²) < 4.78 is 9.84. The van der Waals surface area contributed by atoms with Gasteiger partial charge in [0.15, 0.2) is 0 Å². The summed E-state index contributed by atoms with van der Waals surface area (Å²) in [4.78, 5) is 23.7. The molecule has 0 heterocycles. The van der Waals surface area contributed by atoms with Gasteiger partial charge >= 0.3 is 12.1 Å². The second-order valence-corrected chi connectivity index (χ2v) is 6.74. The first-order valence-corrected chi connectivity index (χ1v) is 8.00. The van der Waals surface area contributed by atoms with E-state index in [1.807, 2.05) is 6.92 Å². The molecule has 0 amide bonds. The Morgan fingerprint density at radius 2 is 1.81 bits per heavy atom.